The minimum atomic E-state index is 0.00108. The van der Waals surface area contributed by atoms with E-state index in [-0.39, 0.29) is 16.2 Å². The van der Waals surface area contributed by atoms with Gasteiger partial charge in [-0.25, -0.2) is 0 Å². The molecule has 4 saturated carbocycles. The number of hydrogen-bond donors (Lipinski definition) is 0. The van der Waals surface area contributed by atoms with E-state index in [1.54, 1.807) is 0 Å². The van der Waals surface area contributed by atoms with Gasteiger partial charge in [0.1, 0.15) is 11.5 Å². The van der Waals surface area contributed by atoms with E-state index in [9.17, 15) is 0 Å². The quantitative estimate of drug-likeness (QED) is 0.181. The summed E-state index contributed by atoms with van der Waals surface area (Å²) >= 11 is 0. The normalized spacial score (nSPS) is 26.5. The van der Waals surface area contributed by atoms with Crippen LogP contribution in [0.1, 0.15) is 94.9 Å². The van der Waals surface area contributed by atoms with Gasteiger partial charge in [0, 0.05) is 33.6 Å². The number of nitrogens with zero attached hydrogens (tertiary/aromatic N) is 1. The lowest BCUT2D eigenvalue weighted by Crippen LogP contribution is -2.57. The molecule has 1 spiro atoms. The molecular weight excluding hydrogens is 655 g/mol. The molecule has 4 fully saturated rings. The molecule has 0 radical (unpaired) electrons. The van der Waals surface area contributed by atoms with Crippen LogP contribution in [0.25, 0.3) is 21.9 Å². The highest BCUT2D eigenvalue weighted by Crippen LogP contribution is 2.69. The summed E-state index contributed by atoms with van der Waals surface area (Å²) in [4.78, 5) is 2.53. The summed E-state index contributed by atoms with van der Waals surface area (Å²) in [5, 5.41) is 2.55. The Morgan fingerprint density at radius 1 is 0.463 bits per heavy atom. The molecule has 5 aliphatic carbocycles. The zero-order valence-corrected chi connectivity index (χ0v) is 32.2. The number of anilines is 3. The van der Waals surface area contributed by atoms with E-state index >= 15 is 0 Å². The first-order valence-electron chi connectivity index (χ1n) is 20.6. The summed E-state index contributed by atoms with van der Waals surface area (Å²) < 4.78 is 6.86. The fraction of sp³-hybridized carbons (Fsp3) is 0.346. The van der Waals surface area contributed by atoms with E-state index in [0.29, 0.717) is 11.8 Å². The van der Waals surface area contributed by atoms with Crippen LogP contribution >= 0.6 is 0 Å². The van der Waals surface area contributed by atoms with Crippen molar-refractivity contribution >= 4 is 27.8 Å². The molecule has 0 atom stereocenters. The van der Waals surface area contributed by atoms with Crippen molar-refractivity contribution in [1.29, 1.82) is 0 Å². The number of rotatable bonds is 4. The summed E-state index contributed by atoms with van der Waals surface area (Å²) in [5.74, 6) is 5.24. The van der Waals surface area contributed by atoms with Crippen LogP contribution in [0.4, 0.5) is 17.1 Å². The lowest BCUT2D eigenvalue weighted by atomic mass is 9.42. The molecule has 270 valence electrons. The minimum absolute atomic E-state index is 0.00108. The van der Waals surface area contributed by atoms with Crippen molar-refractivity contribution in [3.63, 3.8) is 0 Å². The molecule has 4 bridgehead atoms. The number of benzene rings is 6. The maximum absolute atomic E-state index is 6.86. The van der Waals surface area contributed by atoms with Crippen LogP contribution in [0.3, 0.4) is 0 Å². The highest BCUT2D eigenvalue weighted by molar-refractivity contribution is 5.88. The van der Waals surface area contributed by atoms with Gasteiger partial charge < -0.3 is 9.64 Å². The molecule has 6 aromatic rings. The maximum atomic E-state index is 6.86. The van der Waals surface area contributed by atoms with Crippen LogP contribution in [0, 0.1) is 23.7 Å². The summed E-state index contributed by atoms with van der Waals surface area (Å²) in [5.41, 5.74) is 12.2. The highest BCUT2D eigenvalue weighted by Gasteiger charge is 2.61. The fourth-order valence-corrected chi connectivity index (χ4v) is 12.4. The van der Waals surface area contributed by atoms with Crippen molar-refractivity contribution in [3.05, 3.63) is 150 Å². The molecule has 54 heavy (non-hydrogen) atoms. The first-order chi connectivity index (χ1) is 26.2. The van der Waals surface area contributed by atoms with Crippen molar-refractivity contribution < 1.29 is 4.74 Å². The van der Waals surface area contributed by atoms with E-state index in [2.05, 4.69) is 160 Å². The monoisotopic (exact) mass is 705 g/mol. The standard InChI is InChI=1S/C52H51NO/c1-50(2)23-24-51(3,4)46-31-42(19-21-44(46)50)53(41-17-15-36(16-18-41)38-14-13-35-9-5-6-10-37(35)30-38)43-20-22-49-47(32-43)52(45-11-7-8-12-48(45)54-49)39-26-33-25-34(28-39)29-40(52)27-33/h5-22,30-34,39-40H,23-29H2,1-4H3. The Hall–Kier alpha value is -4.82. The van der Waals surface area contributed by atoms with Gasteiger partial charge in [0.15, 0.2) is 0 Å². The molecule has 0 N–H and O–H groups in total. The van der Waals surface area contributed by atoms with Crippen LogP contribution < -0.4 is 9.64 Å². The molecule has 2 nitrogen and oxygen atoms in total. The Labute approximate surface area is 321 Å². The lowest BCUT2D eigenvalue weighted by Gasteiger charge is -2.63. The van der Waals surface area contributed by atoms with Gasteiger partial charge in [-0.2, -0.15) is 0 Å². The predicted molar refractivity (Wildman–Crippen MR) is 224 cm³/mol. The molecule has 6 aliphatic rings. The van der Waals surface area contributed by atoms with E-state index in [1.807, 2.05) is 0 Å². The summed E-state index contributed by atoms with van der Waals surface area (Å²) in [6, 6.07) is 48.3. The van der Waals surface area contributed by atoms with Crippen LogP contribution in [0.15, 0.2) is 127 Å². The molecule has 1 aliphatic heterocycles. The molecule has 0 aromatic heterocycles. The smallest absolute Gasteiger partial charge is 0.131 e. The first kappa shape index (κ1) is 32.6. The van der Waals surface area contributed by atoms with Crippen molar-refractivity contribution in [2.24, 2.45) is 23.7 Å². The minimum Gasteiger partial charge on any atom is -0.457 e. The molecule has 0 unspecified atom stereocenters. The van der Waals surface area contributed by atoms with Crippen molar-refractivity contribution in [3.8, 4) is 22.6 Å². The molecule has 0 amide bonds. The second kappa shape index (κ2) is 11.6. The van der Waals surface area contributed by atoms with Gasteiger partial charge in [0.2, 0.25) is 0 Å². The van der Waals surface area contributed by atoms with Gasteiger partial charge in [-0.15, -0.1) is 0 Å². The largest absolute Gasteiger partial charge is 0.457 e. The summed E-state index contributed by atoms with van der Waals surface area (Å²) in [7, 11) is 0. The second-order valence-corrected chi connectivity index (χ2v) is 18.9. The second-order valence-electron chi connectivity index (χ2n) is 18.9. The van der Waals surface area contributed by atoms with Gasteiger partial charge >= 0.3 is 0 Å². The summed E-state index contributed by atoms with van der Waals surface area (Å²) in [6.07, 6.45) is 9.25. The topological polar surface area (TPSA) is 12.5 Å². The number of ether oxygens (including phenoxy) is 1. The van der Waals surface area contributed by atoms with Crippen LogP contribution in [-0.4, -0.2) is 0 Å². The highest BCUT2D eigenvalue weighted by atomic mass is 16.5. The molecule has 6 aromatic carbocycles. The SMILES string of the molecule is CC1(C)CCC(C)(C)c2cc(N(c3ccc(-c4ccc5ccccc5c4)cc3)c3ccc4c(c3)C3(c5ccccc5O4)C4CC5CC(C4)CC3C5)ccc21. The average molecular weight is 706 g/mol. The van der Waals surface area contributed by atoms with Gasteiger partial charge in [-0.1, -0.05) is 100 Å². The Kier molecular flexibility index (Phi) is 7.00. The summed E-state index contributed by atoms with van der Waals surface area (Å²) in [6.45, 7) is 9.74. The zero-order chi connectivity index (χ0) is 36.4. The first-order valence-corrected chi connectivity index (χ1v) is 20.6. The average Bonchev–Trinajstić information content (AvgIpc) is 3.18. The number of hydrogen-bond acceptors (Lipinski definition) is 2. The third-order valence-electron chi connectivity index (χ3n) is 14.9. The Bertz CT molecular complexity index is 2420. The lowest BCUT2D eigenvalue weighted by molar-refractivity contribution is -0.0452. The number of fused-ring (bicyclic) bond motifs is 4. The van der Waals surface area contributed by atoms with Crippen LogP contribution in [-0.2, 0) is 16.2 Å². The Balaban J connectivity index is 1.09. The van der Waals surface area contributed by atoms with E-state index in [0.717, 1.165) is 23.3 Å². The van der Waals surface area contributed by atoms with Crippen molar-refractivity contribution in [1.82, 2.24) is 0 Å². The maximum Gasteiger partial charge on any atom is 0.131 e. The number of para-hydroxylation sites is 1. The molecule has 2 heteroatoms. The Morgan fingerprint density at radius 2 is 1.04 bits per heavy atom. The van der Waals surface area contributed by atoms with E-state index < -0.39 is 0 Å². The van der Waals surface area contributed by atoms with Gasteiger partial charge in [0.05, 0.1) is 0 Å². The van der Waals surface area contributed by atoms with Gasteiger partial charge in [-0.3, -0.25) is 0 Å². The van der Waals surface area contributed by atoms with Crippen molar-refractivity contribution in [2.75, 3.05) is 4.90 Å². The molecule has 12 rings (SSSR count). The molecule has 0 saturated heterocycles. The Morgan fingerprint density at radius 3 is 1.78 bits per heavy atom. The third kappa shape index (κ3) is 4.77. The fourth-order valence-electron chi connectivity index (χ4n) is 12.4. The zero-order valence-electron chi connectivity index (χ0n) is 32.2. The van der Waals surface area contributed by atoms with Gasteiger partial charge in [0.25, 0.3) is 0 Å². The van der Waals surface area contributed by atoms with Crippen LogP contribution in [0.5, 0.6) is 11.5 Å². The van der Waals surface area contributed by atoms with Crippen LogP contribution in [0.2, 0.25) is 0 Å². The predicted octanol–water partition coefficient (Wildman–Crippen LogP) is 14.2. The van der Waals surface area contributed by atoms with Gasteiger partial charge in [-0.05, 0) is 167 Å². The molecule has 1 heterocycles. The third-order valence-corrected chi connectivity index (χ3v) is 14.9. The van der Waals surface area contributed by atoms with E-state index in [1.165, 1.54) is 106 Å². The van der Waals surface area contributed by atoms with E-state index in [4.69, 9.17) is 4.74 Å². The molecular formula is C52H51NO. The van der Waals surface area contributed by atoms with Crippen molar-refractivity contribution in [2.45, 2.75) is 88.9 Å².